The third-order valence-corrected chi connectivity index (χ3v) is 5.56. The second kappa shape index (κ2) is 12.7. The Balaban J connectivity index is 1.79. The first kappa shape index (κ1) is 25.9. The summed E-state index contributed by atoms with van der Waals surface area (Å²) in [4.78, 5) is 17.5. The zero-order valence-corrected chi connectivity index (χ0v) is 20.5. The van der Waals surface area contributed by atoms with Gasteiger partial charge in [0.05, 0.1) is 18.3 Å². The molecule has 3 rings (SSSR count). The van der Waals surface area contributed by atoms with Crippen LogP contribution in [0.1, 0.15) is 50.2 Å². The minimum atomic E-state index is -0.623. The van der Waals surface area contributed by atoms with E-state index < -0.39 is 6.04 Å². The number of aromatic amines is 1. The molecule has 1 amide bonds. The van der Waals surface area contributed by atoms with Gasteiger partial charge in [-0.1, -0.05) is 30.7 Å². The van der Waals surface area contributed by atoms with E-state index in [9.17, 15) is 9.18 Å². The molecule has 0 fully saturated rings. The number of tetrazole rings is 1. The van der Waals surface area contributed by atoms with Gasteiger partial charge in [-0.15, -0.1) is 10.2 Å². The number of H-pyrrole nitrogens is 1. The van der Waals surface area contributed by atoms with Crippen molar-refractivity contribution >= 4 is 23.0 Å². The lowest BCUT2D eigenvalue weighted by Gasteiger charge is -2.18. The molecule has 10 nitrogen and oxygen atoms in total. The molecule has 2 aromatic heterocycles. The van der Waals surface area contributed by atoms with Crippen LogP contribution >= 0.6 is 0 Å². The molecule has 0 spiro atoms. The van der Waals surface area contributed by atoms with Crippen molar-refractivity contribution in [3.8, 4) is 0 Å². The normalized spacial score (nSPS) is 13.2. The number of halogens is 1. The van der Waals surface area contributed by atoms with Gasteiger partial charge in [0.2, 0.25) is 5.91 Å². The molecule has 1 aromatic carbocycles. The molecule has 0 aliphatic carbocycles. The summed E-state index contributed by atoms with van der Waals surface area (Å²) in [6.07, 6.45) is 5.34. The Morgan fingerprint density at radius 2 is 2.09 bits per heavy atom. The Hall–Kier alpha value is -3.73. The Morgan fingerprint density at radius 3 is 2.74 bits per heavy atom. The highest BCUT2D eigenvalue weighted by atomic mass is 19.1. The second-order valence-electron chi connectivity index (χ2n) is 8.26. The van der Waals surface area contributed by atoms with Crippen LogP contribution in [0.2, 0.25) is 0 Å². The number of carbonyl (C=O) groups excluding carboxylic acids is 1. The van der Waals surface area contributed by atoms with Gasteiger partial charge in [0.1, 0.15) is 11.6 Å². The van der Waals surface area contributed by atoms with E-state index in [1.165, 1.54) is 12.1 Å². The Kier molecular flexibility index (Phi) is 9.36. The summed E-state index contributed by atoms with van der Waals surface area (Å²) in [5, 5.41) is 24.5. The van der Waals surface area contributed by atoms with Gasteiger partial charge in [-0.2, -0.15) is 10.3 Å². The van der Waals surface area contributed by atoms with Crippen molar-refractivity contribution in [1.29, 1.82) is 0 Å². The van der Waals surface area contributed by atoms with Crippen LogP contribution in [0.25, 0.3) is 5.57 Å². The van der Waals surface area contributed by atoms with Crippen LogP contribution in [-0.2, 0) is 24.8 Å². The lowest BCUT2D eigenvalue weighted by Crippen LogP contribution is -2.42. The topological polar surface area (TPSA) is 126 Å². The van der Waals surface area contributed by atoms with Crippen molar-refractivity contribution in [2.45, 2.75) is 52.1 Å². The predicted octanol–water partition coefficient (Wildman–Crippen LogP) is 3.08. The summed E-state index contributed by atoms with van der Waals surface area (Å²) in [6.45, 7) is 4.34. The quantitative estimate of drug-likeness (QED) is 0.341. The maximum atomic E-state index is 13.4. The van der Waals surface area contributed by atoms with Crippen LogP contribution in [0.4, 0.5) is 10.2 Å². The molecular formula is C24H32FN9O. The molecule has 2 heterocycles. The van der Waals surface area contributed by atoms with E-state index in [1.807, 2.05) is 19.1 Å². The van der Waals surface area contributed by atoms with E-state index in [4.69, 9.17) is 0 Å². The SMILES string of the molecule is CCCC/C(=C\C(C)=NC)c1cc(NC(=O)C(Cc2ccc(F)cc2)NCc2nn[nH]n2)n(C)n1. The molecule has 1 atom stereocenters. The summed E-state index contributed by atoms with van der Waals surface area (Å²) in [5.74, 6) is 0.428. The van der Waals surface area contributed by atoms with E-state index in [0.29, 0.717) is 18.1 Å². The fourth-order valence-electron chi connectivity index (χ4n) is 3.50. The van der Waals surface area contributed by atoms with Crippen LogP contribution in [0.3, 0.4) is 0 Å². The van der Waals surface area contributed by atoms with E-state index in [0.717, 1.165) is 41.8 Å². The second-order valence-corrected chi connectivity index (χ2v) is 8.26. The Bertz CT molecular complexity index is 1150. The molecular weight excluding hydrogens is 449 g/mol. The number of benzene rings is 1. The molecule has 35 heavy (non-hydrogen) atoms. The maximum Gasteiger partial charge on any atom is 0.243 e. The predicted molar refractivity (Wildman–Crippen MR) is 133 cm³/mol. The smallest absolute Gasteiger partial charge is 0.243 e. The maximum absolute atomic E-state index is 13.4. The number of hydrogen-bond acceptors (Lipinski definition) is 7. The van der Waals surface area contributed by atoms with Crippen molar-refractivity contribution in [3.63, 3.8) is 0 Å². The molecule has 0 saturated carbocycles. The fraction of sp³-hybridized carbons (Fsp3) is 0.417. The Morgan fingerprint density at radius 1 is 1.31 bits per heavy atom. The van der Waals surface area contributed by atoms with E-state index in [2.05, 4.69) is 48.3 Å². The number of aliphatic imine (C=N–C) groups is 1. The van der Waals surface area contributed by atoms with Gasteiger partial charge in [-0.25, -0.2) is 4.39 Å². The van der Waals surface area contributed by atoms with Crippen LogP contribution < -0.4 is 10.6 Å². The summed E-state index contributed by atoms with van der Waals surface area (Å²) in [5.41, 5.74) is 3.60. The minimum Gasteiger partial charge on any atom is -0.310 e. The highest BCUT2D eigenvalue weighted by molar-refractivity contribution is 5.99. The number of nitrogens with zero attached hydrogens (tertiary/aromatic N) is 6. The number of aromatic nitrogens is 6. The highest BCUT2D eigenvalue weighted by Gasteiger charge is 2.21. The number of unbranched alkanes of at least 4 members (excludes halogenated alkanes) is 1. The monoisotopic (exact) mass is 481 g/mol. The van der Waals surface area contributed by atoms with Crippen LogP contribution in [-0.4, -0.2) is 55.1 Å². The molecule has 0 aliphatic rings. The van der Waals surface area contributed by atoms with Crippen molar-refractivity contribution in [2.24, 2.45) is 12.0 Å². The molecule has 186 valence electrons. The highest BCUT2D eigenvalue weighted by Crippen LogP contribution is 2.23. The van der Waals surface area contributed by atoms with E-state index in [-0.39, 0.29) is 18.3 Å². The molecule has 0 saturated heterocycles. The first-order chi connectivity index (χ1) is 16.9. The first-order valence-electron chi connectivity index (χ1n) is 11.6. The molecule has 0 aliphatic heterocycles. The van der Waals surface area contributed by atoms with E-state index >= 15 is 0 Å². The average Bonchev–Trinajstić information content (AvgIpc) is 3.50. The van der Waals surface area contributed by atoms with Crippen LogP contribution in [0.5, 0.6) is 0 Å². The summed E-state index contributed by atoms with van der Waals surface area (Å²) >= 11 is 0. The number of amides is 1. The standard InChI is InChI=1S/C24H32FN9O/c1-5-6-7-18(12-16(2)26-3)20-14-23(34(4)31-20)28-24(35)21(27-15-22-29-32-33-30-22)13-17-8-10-19(25)11-9-17/h8-12,14,21,27H,5-7,13,15H2,1-4H3,(H,28,35)(H,29,30,32,33)/b18-12+,26-16?. The molecule has 0 radical (unpaired) electrons. The van der Waals surface area contributed by atoms with Crippen molar-refractivity contribution < 1.29 is 9.18 Å². The van der Waals surface area contributed by atoms with Gasteiger partial charge >= 0.3 is 0 Å². The third kappa shape index (κ3) is 7.64. The third-order valence-electron chi connectivity index (χ3n) is 5.56. The molecule has 3 N–H and O–H groups in total. The summed E-state index contributed by atoms with van der Waals surface area (Å²) < 4.78 is 15.0. The largest absolute Gasteiger partial charge is 0.310 e. The summed E-state index contributed by atoms with van der Waals surface area (Å²) in [7, 11) is 3.55. The number of nitrogens with one attached hydrogen (secondary N) is 3. The van der Waals surface area contributed by atoms with Gasteiger partial charge in [0, 0.05) is 25.9 Å². The van der Waals surface area contributed by atoms with Gasteiger partial charge < -0.3 is 5.32 Å². The molecule has 11 heteroatoms. The number of allylic oxidation sites excluding steroid dienone is 2. The fourth-order valence-corrected chi connectivity index (χ4v) is 3.50. The summed E-state index contributed by atoms with van der Waals surface area (Å²) in [6, 6.07) is 7.33. The molecule has 0 bridgehead atoms. The minimum absolute atomic E-state index is 0.242. The Labute approximate surface area is 204 Å². The average molecular weight is 482 g/mol. The van der Waals surface area contributed by atoms with Crippen molar-refractivity contribution in [2.75, 3.05) is 12.4 Å². The van der Waals surface area contributed by atoms with Gasteiger partial charge in [-0.05, 0) is 55.5 Å². The van der Waals surface area contributed by atoms with Gasteiger partial charge in [-0.3, -0.25) is 19.8 Å². The van der Waals surface area contributed by atoms with Crippen molar-refractivity contribution in [3.05, 3.63) is 59.3 Å². The zero-order chi connectivity index (χ0) is 25.2. The lowest BCUT2D eigenvalue weighted by molar-refractivity contribution is -0.118. The van der Waals surface area contributed by atoms with Crippen molar-refractivity contribution in [1.82, 2.24) is 35.7 Å². The van der Waals surface area contributed by atoms with Crippen LogP contribution in [0, 0.1) is 5.82 Å². The first-order valence-corrected chi connectivity index (χ1v) is 11.6. The molecule has 3 aromatic rings. The number of hydrogen-bond donors (Lipinski definition) is 3. The zero-order valence-electron chi connectivity index (χ0n) is 20.5. The van der Waals surface area contributed by atoms with Gasteiger partial charge in [0.15, 0.2) is 5.82 Å². The van der Waals surface area contributed by atoms with E-state index in [1.54, 1.807) is 30.9 Å². The van der Waals surface area contributed by atoms with Gasteiger partial charge in [0.25, 0.3) is 0 Å². The number of aryl methyl sites for hydroxylation is 1. The number of anilines is 1. The molecule has 1 unspecified atom stereocenters. The lowest BCUT2D eigenvalue weighted by atomic mass is 10.0. The number of carbonyl (C=O) groups is 1. The van der Waals surface area contributed by atoms with Crippen LogP contribution in [0.15, 0.2) is 41.4 Å². The number of rotatable bonds is 12.